The smallest absolute Gasteiger partial charge is 0.0989 e. The number of hydrogen-bond donors (Lipinski definition) is 0. The minimum atomic E-state index is 0.842. The van der Waals surface area contributed by atoms with Crippen LogP contribution < -0.4 is 0 Å². The number of quaternary nitrogens is 1. The van der Waals surface area contributed by atoms with E-state index >= 15 is 0 Å². The average Bonchev–Trinajstić information content (AvgIpc) is 1.63. The van der Waals surface area contributed by atoms with Crippen LogP contribution in [-0.2, 0) is 4.52 Å². The van der Waals surface area contributed by atoms with Crippen LogP contribution in [0, 0.1) is 0 Å². The van der Waals surface area contributed by atoms with Crippen LogP contribution in [0.15, 0.2) is 0 Å². The van der Waals surface area contributed by atoms with Gasteiger partial charge in [0.25, 0.3) is 0 Å². The van der Waals surface area contributed by atoms with Crippen LogP contribution in [0.3, 0.4) is 0 Å². The lowest BCUT2D eigenvalue weighted by molar-refractivity contribution is -0.870. The van der Waals surface area contributed by atoms with Crippen molar-refractivity contribution in [3.8, 4) is 0 Å². The van der Waals surface area contributed by atoms with Crippen LogP contribution in [0.4, 0.5) is 0 Å². The average molecular weight is 167 g/mol. The molecule has 4 heteroatoms. The maximum Gasteiger partial charge on any atom is 0.0989 e. The van der Waals surface area contributed by atoms with Crippen molar-refractivity contribution in [3.63, 3.8) is 0 Å². The van der Waals surface area contributed by atoms with Gasteiger partial charge in [0.15, 0.2) is 0 Å². The third-order valence-electron chi connectivity index (χ3n) is 0.928. The van der Waals surface area contributed by atoms with E-state index in [1.807, 2.05) is 0 Å². The number of nitrogens with zero attached hydrogens (tertiary/aromatic N) is 1. The van der Waals surface area contributed by atoms with E-state index in [0.29, 0.717) is 0 Å². The molecule has 0 aliphatic heterocycles. The lowest BCUT2D eigenvalue weighted by atomic mass is 10.5. The molecule has 0 aliphatic rings. The van der Waals surface area contributed by atoms with E-state index < -0.39 is 0 Å². The van der Waals surface area contributed by atoms with Gasteiger partial charge in [-0.25, -0.2) is 0 Å². The number of hydrogen-bond acceptors (Lipinski definition) is 1. The van der Waals surface area contributed by atoms with Crippen LogP contribution >= 0.6 is 17.4 Å². The van der Waals surface area contributed by atoms with Crippen LogP contribution in [0.2, 0.25) is 0 Å². The Morgan fingerprint density at radius 3 is 2.33 bits per heavy atom. The summed E-state index contributed by atoms with van der Waals surface area (Å²) in [4.78, 5) is 0. The summed E-state index contributed by atoms with van der Waals surface area (Å²) in [5.41, 5.74) is 0. The van der Waals surface area contributed by atoms with Gasteiger partial charge in [0.2, 0.25) is 0 Å². The maximum atomic E-state index is 5.13. The van der Waals surface area contributed by atoms with Crippen molar-refractivity contribution >= 4 is 17.4 Å². The first kappa shape index (κ1) is 9.78. The Hall–Kier alpha value is 0.780. The Kier molecular flexibility index (Phi) is 4.97. The van der Waals surface area contributed by atoms with Gasteiger partial charge < -0.3 is 17.5 Å². The van der Waals surface area contributed by atoms with Gasteiger partial charge in [-0.2, -0.15) is 0 Å². The lowest BCUT2D eigenvalue weighted by Crippen LogP contribution is -2.37. The third kappa shape index (κ3) is 8.78. The fraction of sp³-hybridized carbons (Fsp3) is 1.00. The molecule has 0 aromatic rings. The van der Waals surface area contributed by atoms with Gasteiger partial charge in [0.05, 0.1) is 34.3 Å². The van der Waals surface area contributed by atoms with Crippen LogP contribution in [0.5, 0.6) is 0 Å². The van der Waals surface area contributed by atoms with Crippen molar-refractivity contribution in [1.82, 2.24) is 0 Å². The van der Waals surface area contributed by atoms with E-state index in [0.717, 1.165) is 26.1 Å². The van der Waals surface area contributed by atoms with Crippen molar-refractivity contribution in [2.24, 2.45) is 0 Å². The van der Waals surface area contributed by atoms with Gasteiger partial charge in [-0.1, -0.05) is 0 Å². The monoisotopic (exact) mass is 167 g/mol. The molecule has 1 atom stereocenters. The Morgan fingerprint density at radius 1 is 1.44 bits per heavy atom. The second kappa shape index (κ2) is 4.57. The molecule has 9 heavy (non-hydrogen) atoms. The Balaban J connectivity index is 3.07. The molecule has 0 aromatic heterocycles. The van der Waals surface area contributed by atoms with Crippen molar-refractivity contribution in [1.29, 1.82) is 0 Å². The topological polar surface area (TPSA) is 9.23 Å². The largest absolute Gasteiger partial charge is 0.549 e. The lowest BCUT2D eigenvalue weighted by Gasteiger charge is -2.25. The highest BCUT2D eigenvalue weighted by molar-refractivity contribution is 8.00. The number of likely N-dealkylation sites (N-methyl/N-ethyl adjacent to an activating group) is 1. The van der Waals surface area contributed by atoms with Gasteiger partial charge >= 0.3 is 0 Å². The first-order valence-corrected chi connectivity index (χ1v) is 5.32. The van der Waals surface area contributed by atoms with Gasteiger partial charge in [-0.15, -0.1) is 0 Å². The zero-order valence-electron chi connectivity index (χ0n) is 6.29. The van der Waals surface area contributed by atoms with Crippen molar-refractivity contribution in [2.45, 2.75) is 0 Å². The fourth-order valence-corrected chi connectivity index (χ4v) is 0.871. The highest BCUT2D eigenvalue weighted by Gasteiger charge is 2.02. The first-order valence-electron chi connectivity index (χ1n) is 2.89. The van der Waals surface area contributed by atoms with Crippen molar-refractivity contribution in [2.75, 3.05) is 34.3 Å². The summed E-state index contributed by atoms with van der Waals surface area (Å²) in [6.07, 6.45) is 0. The molecular formula is C5H15NOP2. The minimum absolute atomic E-state index is 0.842. The molecule has 0 fully saturated rings. The first-order chi connectivity index (χ1) is 4.06. The van der Waals surface area contributed by atoms with E-state index in [4.69, 9.17) is 4.52 Å². The molecule has 0 rings (SSSR count). The molecule has 1 unspecified atom stereocenters. The van der Waals surface area contributed by atoms with E-state index in [2.05, 4.69) is 30.1 Å². The summed E-state index contributed by atoms with van der Waals surface area (Å²) >= 11 is 0. The zero-order chi connectivity index (χ0) is 7.33. The molecule has 0 amide bonds. The highest BCUT2D eigenvalue weighted by Crippen LogP contribution is 2.20. The van der Waals surface area contributed by atoms with E-state index in [1.54, 1.807) is 0 Å². The van der Waals surface area contributed by atoms with Gasteiger partial charge in [-0.05, 0) is 0 Å². The standard InChI is InChI=1S/C5H15NOP2/c1-6(2,3)4-5-7-9-8/h4-5,8H2,1-3H3. The van der Waals surface area contributed by atoms with E-state index in [1.165, 1.54) is 0 Å². The predicted octanol–water partition coefficient (Wildman–Crippen LogP) is 1.36. The molecular weight excluding hydrogens is 152 g/mol. The molecule has 0 radical (unpaired) electrons. The molecule has 0 spiro atoms. The summed E-state index contributed by atoms with van der Waals surface area (Å²) in [5.74, 6) is 0. The van der Waals surface area contributed by atoms with Crippen molar-refractivity contribution < 1.29 is 9.01 Å². The molecule has 0 N–H and O–H groups in total. The summed E-state index contributed by atoms with van der Waals surface area (Å²) in [6.45, 7) is 1.91. The van der Waals surface area contributed by atoms with Crippen molar-refractivity contribution in [3.05, 3.63) is 0 Å². The van der Waals surface area contributed by atoms with Crippen LogP contribution in [0.1, 0.15) is 0 Å². The molecule has 0 aromatic carbocycles. The SMILES string of the molecule is C[N+](C)(C)CCO[P-]P. The highest BCUT2D eigenvalue weighted by atomic mass is 32.0. The molecule has 56 valence electrons. The summed E-state index contributed by atoms with van der Waals surface area (Å²) in [5, 5.41) is 0. The van der Waals surface area contributed by atoms with Gasteiger partial charge in [0.1, 0.15) is 0 Å². The Labute approximate surface area is 61.5 Å². The second-order valence-electron chi connectivity index (χ2n) is 2.95. The van der Waals surface area contributed by atoms with Crippen LogP contribution in [0.25, 0.3) is 0 Å². The Bertz CT molecular complexity index is 71.8. The van der Waals surface area contributed by atoms with Gasteiger partial charge in [-0.3, -0.25) is 8.93 Å². The molecule has 2 nitrogen and oxygen atoms in total. The summed E-state index contributed by atoms with van der Waals surface area (Å²) < 4.78 is 6.10. The molecule has 0 saturated carbocycles. The molecule has 0 bridgehead atoms. The predicted molar refractivity (Wildman–Crippen MR) is 45.5 cm³/mol. The van der Waals surface area contributed by atoms with E-state index in [9.17, 15) is 0 Å². The normalized spacial score (nSPS) is 13.3. The minimum Gasteiger partial charge on any atom is -0.549 e. The quantitative estimate of drug-likeness (QED) is 0.349. The molecule has 0 saturated heterocycles. The molecule has 0 heterocycles. The third-order valence-corrected chi connectivity index (χ3v) is 1.71. The summed E-state index contributed by atoms with van der Waals surface area (Å²) in [6, 6.07) is 0. The zero-order valence-corrected chi connectivity index (χ0v) is 8.34. The van der Waals surface area contributed by atoms with E-state index in [-0.39, 0.29) is 0 Å². The maximum absolute atomic E-state index is 5.13. The summed E-state index contributed by atoms with van der Waals surface area (Å²) in [7, 11) is 9.93. The molecule has 0 aliphatic carbocycles. The number of rotatable bonds is 4. The second-order valence-corrected chi connectivity index (χ2v) is 4.05. The Morgan fingerprint density at radius 2 is 2.00 bits per heavy atom. The van der Waals surface area contributed by atoms with Gasteiger partial charge in [0, 0.05) is 0 Å². The fourth-order valence-electron chi connectivity index (χ4n) is 0.367. The van der Waals surface area contributed by atoms with Crippen LogP contribution in [-0.4, -0.2) is 38.8 Å².